The topological polar surface area (TPSA) is 30.4 Å². The van der Waals surface area contributed by atoms with Crippen LogP contribution in [0.3, 0.4) is 0 Å². The average Bonchev–Trinajstić information content (AvgIpc) is 2.85. The van der Waals surface area contributed by atoms with Gasteiger partial charge >= 0.3 is 0 Å². The van der Waals surface area contributed by atoms with E-state index in [9.17, 15) is 4.39 Å². The van der Waals surface area contributed by atoms with Crippen molar-refractivity contribution in [2.75, 3.05) is 0 Å². The zero-order chi connectivity index (χ0) is 10.3. The molecule has 74 valence electrons. The lowest BCUT2D eigenvalue weighted by atomic mass is 10.2. The lowest BCUT2D eigenvalue weighted by Crippen LogP contribution is -1.85. The summed E-state index contributed by atoms with van der Waals surface area (Å²) in [4.78, 5) is 3.82. The van der Waals surface area contributed by atoms with Gasteiger partial charge in [-0.1, -0.05) is 0 Å². The van der Waals surface area contributed by atoms with E-state index >= 15 is 0 Å². The van der Waals surface area contributed by atoms with Crippen molar-refractivity contribution in [2.24, 2.45) is 0 Å². The molecule has 0 saturated heterocycles. The van der Waals surface area contributed by atoms with E-state index < -0.39 is 0 Å². The van der Waals surface area contributed by atoms with E-state index in [0.717, 1.165) is 0 Å². The number of nitrogens with zero attached hydrogens (tertiary/aromatic N) is 2. The number of oxazole rings is 1. The lowest BCUT2D eigenvalue weighted by Gasteiger charge is -1.97. The summed E-state index contributed by atoms with van der Waals surface area (Å²) < 4.78 is 20.5. The number of pyridine rings is 1. The number of fused-ring (bicyclic) bond motifs is 1. The molecule has 15 heavy (non-hydrogen) atoms. The fourth-order valence-corrected chi connectivity index (χ4v) is 1.67. The van der Waals surface area contributed by atoms with Crippen molar-refractivity contribution >= 4 is 5.52 Å². The molecule has 4 heteroatoms. The molecule has 0 aliphatic heterocycles. The third-order valence-corrected chi connectivity index (χ3v) is 2.33. The van der Waals surface area contributed by atoms with E-state index in [1.165, 1.54) is 12.5 Å². The highest BCUT2D eigenvalue weighted by atomic mass is 19.1. The van der Waals surface area contributed by atoms with Crippen molar-refractivity contribution < 1.29 is 8.81 Å². The Balaban J connectivity index is 2.37. The van der Waals surface area contributed by atoms with Gasteiger partial charge in [0.25, 0.3) is 0 Å². The Morgan fingerprint density at radius 2 is 2.20 bits per heavy atom. The van der Waals surface area contributed by atoms with Crippen LogP contribution in [-0.2, 0) is 0 Å². The molecule has 0 aliphatic rings. The summed E-state index contributed by atoms with van der Waals surface area (Å²) in [6.07, 6.45) is 6.48. The third-order valence-electron chi connectivity index (χ3n) is 2.33. The Kier molecular flexibility index (Phi) is 1.62. The first-order chi connectivity index (χ1) is 7.36. The third kappa shape index (κ3) is 1.15. The molecule has 0 atom stereocenters. The molecule has 0 radical (unpaired) electrons. The van der Waals surface area contributed by atoms with Crippen LogP contribution in [-0.4, -0.2) is 9.38 Å². The summed E-state index contributed by atoms with van der Waals surface area (Å²) in [5.41, 5.74) is 1.22. The van der Waals surface area contributed by atoms with Crippen molar-refractivity contribution in [3.05, 3.63) is 49.0 Å². The standard InChI is InChI=1S/C11H7FN2O/c12-9-2-1-4-14-5-3-8(11(9)14)10-6-13-7-15-10/h1-7H. The predicted octanol–water partition coefficient (Wildman–Crippen LogP) is 2.73. The Morgan fingerprint density at radius 1 is 1.27 bits per heavy atom. The minimum atomic E-state index is -0.270. The van der Waals surface area contributed by atoms with E-state index in [2.05, 4.69) is 4.98 Å². The summed E-state index contributed by atoms with van der Waals surface area (Å²) in [6.45, 7) is 0. The summed E-state index contributed by atoms with van der Waals surface area (Å²) in [5, 5.41) is 0. The zero-order valence-corrected chi connectivity index (χ0v) is 7.72. The van der Waals surface area contributed by atoms with E-state index in [4.69, 9.17) is 4.42 Å². The molecule has 3 aromatic heterocycles. The van der Waals surface area contributed by atoms with E-state index in [1.54, 1.807) is 35.1 Å². The molecule has 3 aromatic rings. The lowest BCUT2D eigenvalue weighted by molar-refractivity contribution is 0.571. The SMILES string of the molecule is Fc1cccn2ccc(-c3cnco3)c12. The Labute approximate surface area is 84.8 Å². The van der Waals surface area contributed by atoms with Crippen LogP contribution in [0.25, 0.3) is 16.8 Å². The van der Waals surface area contributed by atoms with Crippen molar-refractivity contribution in [1.82, 2.24) is 9.38 Å². The fourth-order valence-electron chi connectivity index (χ4n) is 1.67. The highest BCUT2D eigenvalue weighted by molar-refractivity contribution is 5.78. The first kappa shape index (κ1) is 8.23. The van der Waals surface area contributed by atoms with Crippen LogP contribution < -0.4 is 0 Å². The van der Waals surface area contributed by atoms with Gasteiger partial charge in [0, 0.05) is 18.0 Å². The predicted molar refractivity (Wildman–Crippen MR) is 52.9 cm³/mol. The van der Waals surface area contributed by atoms with Gasteiger partial charge in [-0.25, -0.2) is 9.37 Å². The minimum Gasteiger partial charge on any atom is -0.443 e. The number of hydrogen-bond donors (Lipinski definition) is 0. The van der Waals surface area contributed by atoms with Crippen molar-refractivity contribution in [3.63, 3.8) is 0 Å². The monoisotopic (exact) mass is 202 g/mol. The van der Waals surface area contributed by atoms with Gasteiger partial charge in [0.2, 0.25) is 0 Å². The van der Waals surface area contributed by atoms with Crippen LogP contribution >= 0.6 is 0 Å². The van der Waals surface area contributed by atoms with Crippen LogP contribution in [0.2, 0.25) is 0 Å². The van der Waals surface area contributed by atoms with Gasteiger partial charge < -0.3 is 8.82 Å². The summed E-state index contributed by atoms with van der Waals surface area (Å²) >= 11 is 0. The van der Waals surface area contributed by atoms with Gasteiger partial charge in [-0.15, -0.1) is 0 Å². The minimum absolute atomic E-state index is 0.270. The summed E-state index contributed by atoms with van der Waals surface area (Å²) in [5.74, 6) is 0.302. The fraction of sp³-hybridized carbons (Fsp3) is 0. The van der Waals surface area contributed by atoms with Crippen molar-refractivity contribution in [2.45, 2.75) is 0 Å². The van der Waals surface area contributed by atoms with E-state index in [1.807, 2.05) is 0 Å². The molecule has 0 fully saturated rings. The smallest absolute Gasteiger partial charge is 0.181 e. The van der Waals surface area contributed by atoms with Gasteiger partial charge in [-0.05, 0) is 18.2 Å². The molecule has 0 aromatic carbocycles. The van der Waals surface area contributed by atoms with E-state index in [0.29, 0.717) is 16.8 Å². The van der Waals surface area contributed by atoms with Gasteiger partial charge in [0.1, 0.15) is 5.82 Å². The van der Waals surface area contributed by atoms with Crippen LogP contribution in [0.1, 0.15) is 0 Å². The summed E-state index contributed by atoms with van der Waals surface area (Å²) in [6, 6.07) is 4.89. The quantitative estimate of drug-likeness (QED) is 0.607. The normalized spacial score (nSPS) is 11.0. The highest BCUT2D eigenvalue weighted by Crippen LogP contribution is 2.26. The molecule has 0 aliphatic carbocycles. The molecule has 0 bridgehead atoms. The Morgan fingerprint density at radius 3 is 3.00 bits per heavy atom. The van der Waals surface area contributed by atoms with Gasteiger partial charge in [-0.2, -0.15) is 0 Å². The molecule has 0 unspecified atom stereocenters. The van der Waals surface area contributed by atoms with Gasteiger partial charge in [0.15, 0.2) is 12.2 Å². The maximum absolute atomic E-state index is 13.6. The van der Waals surface area contributed by atoms with Crippen molar-refractivity contribution in [3.8, 4) is 11.3 Å². The second-order valence-electron chi connectivity index (χ2n) is 3.21. The molecule has 0 N–H and O–H groups in total. The highest BCUT2D eigenvalue weighted by Gasteiger charge is 2.11. The largest absolute Gasteiger partial charge is 0.443 e. The van der Waals surface area contributed by atoms with Crippen LogP contribution in [0, 0.1) is 5.82 Å². The second kappa shape index (κ2) is 2.95. The molecule has 0 spiro atoms. The Hall–Kier alpha value is -2.10. The Bertz CT molecular complexity index is 598. The molecule has 0 amide bonds. The second-order valence-corrected chi connectivity index (χ2v) is 3.21. The number of halogens is 1. The molecule has 0 saturated carbocycles. The van der Waals surface area contributed by atoms with Gasteiger partial charge in [0.05, 0.1) is 11.7 Å². The maximum Gasteiger partial charge on any atom is 0.181 e. The average molecular weight is 202 g/mol. The molecule has 3 nitrogen and oxygen atoms in total. The number of rotatable bonds is 1. The molecule has 3 rings (SSSR count). The first-order valence-electron chi connectivity index (χ1n) is 4.50. The van der Waals surface area contributed by atoms with Crippen LogP contribution in [0.4, 0.5) is 4.39 Å². The summed E-state index contributed by atoms with van der Waals surface area (Å²) in [7, 11) is 0. The van der Waals surface area contributed by atoms with Crippen molar-refractivity contribution in [1.29, 1.82) is 0 Å². The molecular formula is C11H7FN2O. The maximum atomic E-state index is 13.6. The molecule has 3 heterocycles. The molecular weight excluding hydrogens is 195 g/mol. The van der Waals surface area contributed by atoms with Crippen LogP contribution in [0.15, 0.2) is 47.6 Å². The zero-order valence-electron chi connectivity index (χ0n) is 7.72. The van der Waals surface area contributed by atoms with Crippen LogP contribution in [0.5, 0.6) is 0 Å². The number of aromatic nitrogens is 2. The van der Waals surface area contributed by atoms with E-state index in [-0.39, 0.29) is 5.82 Å². The number of hydrogen-bond acceptors (Lipinski definition) is 2. The first-order valence-corrected chi connectivity index (χ1v) is 4.50. The van der Waals surface area contributed by atoms with Gasteiger partial charge in [-0.3, -0.25) is 0 Å².